The summed E-state index contributed by atoms with van der Waals surface area (Å²) in [5, 5.41) is 3.00. The molecule has 0 spiro atoms. The lowest BCUT2D eigenvalue weighted by atomic mass is 9.94. The summed E-state index contributed by atoms with van der Waals surface area (Å²) in [5.41, 5.74) is 0.822. The third-order valence-corrected chi connectivity index (χ3v) is 2.56. The molecule has 1 aromatic carbocycles. The molecule has 0 aliphatic carbocycles. The quantitative estimate of drug-likeness (QED) is 0.635. The first-order chi connectivity index (χ1) is 6.61. The van der Waals surface area contributed by atoms with Crippen LogP contribution >= 0.6 is 0 Å². The van der Waals surface area contributed by atoms with Crippen molar-refractivity contribution in [3.05, 3.63) is 34.6 Å². The maximum Gasteiger partial charge on any atom is 0.194 e. The molecule has 1 aliphatic heterocycles. The lowest BCUT2D eigenvalue weighted by Gasteiger charge is -2.24. The van der Waals surface area contributed by atoms with E-state index in [2.05, 4.69) is 5.32 Å². The van der Waals surface area contributed by atoms with E-state index in [9.17, 15) is 13.2 Å². The van der Waals surface area contributed by atoms with Crippen molar-refractivity contribution in [3.63, 3.8) is 0 Å². The SMILES string of the molecule is CC1NCCc2cc(F)c(F)c(F)c21. The monoisotopic (exact) mass is 201 g/mol. The zero-order valence-electron chi connectivity index (χ0n) is 7.70. The Bertz CT molecular complexity index is 376. The van der Waals surface area contributed by atoms with Gasteiger partial charge in [-0.1, -0.05) is 0 Å². The van der Waals surface area contributed by atoms with Crippen molar-refractivity contribution in [1.82, 2.24) is 5.32 Å². The van der Waals surface area contributed by atoms with E-state index in [1.807, 2.05) is 0 Å². The molecule has 0 aromatic heterocycles. The van der Waals surface area contributed by atoms with Gasteiger partial charge in [-0.25, -0.2) is 13.2 Å². The highest BCUT2D eigenvalue weighted by atomic mass is 19.2. The summed E-state index contributed by atoms with van der Waals surface area (Å²) in [6.07, 6.45) is 0.536. The summed E-state index contributed by atoms with van der Waals surface area (Å²) in [7, 11) is 0. The van der Waals surface area contributed by atoms with Gasteiger partial charge in [0.15, 0.2) is 17.5 Å². The van der Waals surface area contributed by atoms with Crippen LogP contribution in [0, 0.1) is 17.5 Å². The zero-order valence-corrected chi connectivity index (χ0v) is 7.70. The van der Waals surface area contributed by atoms with Crippen LogP contribution in [0.1, 0.15) is 24.1 Å². The van der Waals surface area contributed by atoms with Gasteiger partial charge in [-0.05, 0) is 31.5 Å². The average molecular weight is 201 g/mol. The van der Waals surface area contributed by atoms with Crippen molar-refractivity contribution >= 4 is 0 Å². The van der Waals surface area contributed by atoms with Gasteiger partial charge in [-0.2, -0.15) is 0 Å². The molecule has 0 saturated carbocycles. The van der Waals surface area contributed by atoms with E-state index < -0.39 is 17.5 Å². The van der Waals surface area contributed by atoms with Crippen LogP contribution in [0.3, 0.4) is 0 Å². The number of hydrogen-bond acceptors (Lipinski definition) is 1. The molecular weight excluding hydrogens is 191 g/mol. The Morgan fingerprint density at radius 1 is 1.29 bits per heavy atom. The molecule has 1 nitrogen and oxygen atoms in total. The van der Waals surface area contributed by atoms with Crippen molar-refractivity contribution in [2.75, 3.05) is 6.54 Å². The van der Waals surface area contributed by atoms with Gasteiger partial charge in [0.1, 0.15) is 0 Å². The second-order valence-electron chi connectivity index (χ2n) is 3.48. The Labute approximate surface area is 79.9 Å². The molecule has 0 amide bonds. The summed E-state index contributed by atoms with van der Waals surface area (Å²) >= 11 is 0. The second-order valence-corrected chi connectivity index (χ2v) is 3.48. The van der Waals surface area contributed by atoms with Crippen LogP contribution < -0.4 is 5.32 Å². The normalized spacial score (nSPS) is 20.7. The standard InChI is InChI=1S/C10H10F3N/c1-5-8-6(2-3-14-5)4-7(11)9(12)10(8)13/h4-5,14H,2-3H2,1H3. The lowest BCUT2D eigenvalue weighted by molar-refractivity contribution is 0.417. The smallest absolute Gasteiger partial charge is 0.194 e. The molecule has 4 heteroatoms. The minimum atomic E-state index is -1.38. The molecule has 0 saturated heterocycles. The molecule has 1 heterocycles. The van der Waals surface area contributed by atoms with Crippen LogP contribution in [0.5, 0.6) is 0 Å². The summed E-state index contributed by atoms with van der Waals surface area (Å²) < 4.78 is 39.1. The summed E-state index contributed by atoms with van der Waals surface area (Å²) in [5.74, 6) is -3.53. The van der Waals surface area contributed by atoms with Gasteiger partial charge in [0.2, 0.25) is 0 Å². The average Bonchev–Trinajstić information content (AvgIpc) is 2.14. The predicted molar refractivity (Wildman–Crippen MR) is 46.4 cm³/mol. The molecule has 1 aliphatic rings. The number of benzene rings is 1. The Morgan fingerprint density at radius 3 is 2.71 bits per heavy atom. The van der Waals surface area contributed by atoms with Crippen LogP contribution in [0.2, 0.25) is 0 Å². The first kappa shape index (κ1) is 9.52. The minimum absolute atomic E-state index is 0.256. The molecule has 0 radical (unpaired) electrons. The topological polar surface area (TPSA) is 12.0 Å². The van der Waals surface area contributed by atoms with Crippen molar-refractivity contribution in [2.24, 2.45) is 0 Å². The van der Waals surface area contributed by atoms with Crippen molar-refractivity contribution in [1.29, 1.82) is 0 Å². The third-order valence-electron chi connectivity index (χ3n) is 2.56. The molecule has 76 valence electrons. The van der Waals surface area contributed by atoms with Crippen molar-refractivity contribution in [3.8, 4) is 0 Å². The van der Waals surface area contributed by atoms with Crippen LogP contribution in [-0.2, 0) is 6.42 Å². The Kier molecular flexibility index (Phi) is 2.23. The van der Waals surface area contributed by atoms with E-state index in [1.54, 1.807) is 6.92 Å². The Morgan fingerprint density at radius 2 is 2.00 bits per heavy atom. The maximum absolute atomic E-state index is 13.3. The van der Waals surface area contributed by atoms with E-state index in [4.69, 9.17) is 0 Å². The number of nitrogens with one attached hydrogen (secondary N) is 1. The molecule has 0 fully saturated rings. The van der Waals surface area contributed by atoms with Crippen LogP contribution in [0.15, 0.2) is 6.07 Å². The van der Waals surface area contributed by atoms with Crippen molar-refractivity contribution in [2.45, 2.75) is 19.4 Å². The number of rotatable bonds is 0. The summed E-state index contributed by atoms with van der Waals surface area (Å²) in [4.78, 5) is 0. The van der Waals surface area contributed by atoms with Gasteiger partial charge in [-0.15, -0.1) is 0 Å². The molecule has 2 rings (SSSR count). The van der Waals surface area contributed by atoms with Gasteiger partial charge < -0.3 is 5.32 Å². The second kappa shape index (κ2) is 3.28. The number of halogens is 3. The van der Waals surface area contributed by atoms with Gasteiger partial charge in [-0.3, -0.25) is 0 Å². The fraction of sp³-hybridized carbons (Fsp3) is 0.400. The van der Waals surface area contributed by atoms with E-state index in [-0.39, 0.29) is 11.6 Å². The highest BCUT2D eigenvalue weighted by molar-refractivity contribution is 5.34. The fourth-order valence-corrected chi connectivity index (χ4v) is 1.86. The molecular formula is C10H10F3N. The van der Waals surface area contributed by atoms with E-state index >= 15 is 0 Å². The molecule has 14 heavy (non-hydrogen) atoms. The van der Waals surface area contributed by atoms with Crippen molar-refractivity contribution < 1.29 is 13.2 Å². The molecule has 1 unspecified atom stereocenters. The largest absolute Gasteiger partial charge is 0.310 e. The Hall–Kier alpha value is -1.03. The number of hydrogen-bond donors (Lipinski definition) is 1. The maximum atomic E-state index is 13.3. The van der Waals surface area contributed by atoms with Gasteiger partial charge in [0.05, 0.1) is 0 Å². The minimum Gasteiger partial charge on any atom is -0.310 e. The predicted octanol–water partition coefficient (Wildman–Crippen LogP) is 2.31. The molecule has 1 aromatic rings. The van der Waals surface area contributed by atoms with Crippen LogP contribution in [-0.4, -0.2) is 6.54 Å². The van der Waals surface area contributed by atoms with E-state index in [1.165, 1.54) is 0 Å². The summed E-state index contributed by atoms with van der Waals surface area (Å²) in [6.45, 7) is 2.40. The van der Waals surface area contributed by atoms with E-state index in [0.29, 0.717) is 18.5 Å². The van der Waals surface area contributed by atoms with Crippen LogP contribution in [0.4, 0.5) is 13.2 Å². The van der Waals surface area contributed by atoms with Crippen LogP contribution in [0.25, 0.3) is 0 Å². The van der Waals surface area contributed by atoms with Gasteiger partial charge in [0.25, 0.3) is 0 Å². The lowest BCUT2D eigenvalue weighted by Crippen LogP contribution is -2.29. The van der Waals surface area contributed by atoms with E-state index in [0.717, 1.165) is 6.07 Å². The molecule has 0 bridgehead atoms. The highest BCUT2D eigenvalue weighted by Gasteiger charge is 2.24. The fourth-order valence-electron chi connectivity index (χ4n) is 1.86. The first-order valence-corrected chi connectivity index (χ1v) is 4.51. The van der Waals surface area contributed by atoms with Gasteiger partial charge >= 0.3 is 0 Å². The van der Waals surface area contributed by atoms with Gasteiger partial charge in [0, 0.05) is 11.6 Å². The summed E-state index contributed by atoms with van der Waals surface area (Å²) in [6, 6.07) is 0.833. The third kappa shape index (κ3) is 1.30. The zero-order chi connectivity index (χ0) is 10.3. The molecule has 1 atom stereocenters. The highest BCUT2D eigenvalue weighted by Crippen LogP contribution is 2.28. The molecule has 1 N–H and O–H groups in total. The first-order valence-electron chi connectivity index (χ1n) is 4.51. The number of fused-ring (bicyclic) bond motifs is 1. The Balaban J connectivity index is 2.64.